The molecule has 1 amide bonds. The lowest BCUT2D eigenvalue weighted by Crippen LogP contribution is -3.15. The summed E-state index contributed by atoms with van der Waals surface area (Å²) < 4.78 is 11.0. The SMILES string of the molecule is COc1ccc(OC)c([C@H]2CCCN2C(=O)C[NH+]2CCN(c3ccccc3)CC2)c1. The van der Waals surface area contributed by atoms with Crippen molar-refractivity contribution in [3.8, 4) is 11.5 Å². The van der Waals surface area contributed by atoms with Gasteiger partial charge < -0.3 is 24.2 Å². The van der Waals surface area contributed by atoms with Gasteiger partial charge in [-0.2, -0.15) is 0 Å². The second-order valence-electron chi connectivity index (χ2n) is 8.10. The average Bonchev–Trinajstić information content (AvgIpc) is 3.30. The van der Waals surface area contributed by atoms with E-state index in [1.54, 1.807) is 14.2 Å². The van der Waals surface area contributed by atoms with Crippen LogP contribution in [0.25, 0.3) is 0 Å². The zero-order valence-electron chi connectivity index (χ0n) is 18.0. The van der Waals surface area contributed by atoms with Crippen molar-refractivity contribution in [1.29, 1.82) is 0 Å². The highest BCUT2D eigenvalue weighted by atomic mass is 16.5. The average molecular weight is 411 g/mol. The van der Waals surface area contributed by atoms with Crippen LogP contribution in [0.3, 0.4) is 0 Å². The summed E-state index contributed by atoms with van der Waals surface area (Å²) in [5.41, 5.74) is 2.32. The predicted molar refractivity (Wildman–Crippen MR) is 117 cm³/mol. The summed E-state index contributed by atoms with van der Waals surface area (Å²) in [5, 5.41) is 0. The van der Waals surface area contributed by atoms with Crippen LogP contribution >= 0.6 is 0 Å². The Kier molecular flexibility index (Phi) is 6.43. The summed E-state index contributed by atoms with van der Waals surface area (Å²) in [6.45, 7) is 5.32. The minimum atomic E-state index is 0.0626. The zero-order chi connectivity index (χ0) is 20.9. The molecule has 2 aliphatic heterocycles. The Morgan fingerprint density at radius 1 is 1.03 bits per heavy atom. The molecule has 2 saturated heterocycles. The lowest BCUT2D eigenvalue weighted by atomic mass is 10.0. The van der Waals surface area contributed by atoms with Crippen molar-refractivity contribution in [1.82, 2.24) is 4.90 Å². The van der Waals surface area contributed by atoms with Crippen LogP contribution in [0.15, 0.2) is 48.5 Å². The molecule has 0 bridgehead atoms. The molecule has 0 saturated carbocycles. The van der Waals surface area contributed by atoms with E-state index in [4.69, 9.17) is 9.47 Å². The largest absolute Gasteiger partial charge is 0.497 e. The van der Waals surface area contributed by atoms with E-state index >= 15 is 0 Å². The van der Waals surface area contributed by atoms with Crippen molar-refractivity contribution in [3.63, 3.8) is 0 Å². The van der Waals surface area contributed by atoms with Gasteiger partial charge in [-0.3, -0.25) is 4.79 Å². The molecule has 2 aromatic rings. The fraction of sp³-hybridized carbons (Fsp3) is 0.458. The molecule has 1 atom stereocenters. The molecule has 4 rings (SSSR count). The first kappa shape index (κ1) is 20.5. The van der Waals surface area contributed by atoms with E-state index in [1.165, 1.54) is 10.6 Å². The van der Waals surface area contributed by atoms with Crippen molar-refractivity contribution < 1.29 is 19.2 Å². The highest BCUT2D eigenvalue weighted by Crippen LogP contribution is 2.38. The predicted octanol–water partition coefficient (Wildman–Crippen LogP) is 1.77. The van der Waals surface area contributed by atoms with Crippen LogP contribution in [0.4, 0.5) is 5.69 Å². The zero-order valence-corrected chi connectivity index (χ0v) is 18.0. The van der Waals surface area contributed by atoms with Crippen molar-refractivity contribution >= 4 is 11.6 Å². The molecule has 0 aromatic heterocycles. The van der Waals surface area contributed by atoms with Crippen LogP contribution in [0, 0.1) is 0 Å². The van der Waals surface area contributed by atoms with E-state index in [9.17, 15) is 4.79 Å². The quantitative estimate of drug-likeness (QED) is 0.789. The van der Waals surface area contributed by atoms with Gasteiger partial charge in [0.15, 0.2) is 6.54 Å². The number of methoxy groups -OCH3 is 2. The Morgan fingerprint density at radius 3 is 2.50 bits per heavy atom. The van der Waals surface area contributed by atoms with Gasteiger partial charge in [-0.15, -0.1) is 0 Å². The van der Waals surface area contributed by atoms with Crippen molar-refractivity contribution in [3.05, 3.63) is 54.1 Å². The van der Waals surface area contributed by atoms with Crippen molar-refractivity contribution in [2.75, 3.05) is 58.4 Å². The smallest absolute Gasteiger partial charge is 0.278 e. The van der Waals surface area contributed by atoms with E-state index in [1.807, 2.05) is 29.2 Å². The van der Waals surface area contributed by atoms with E-state index in [-0.39, 0.29) is 11.9 Å². The van der Waals surface area contributed by atoms with Gasteiger partial charge in [0.05, 0.1) is 46.4 Å². The van der Waals surface area contributed by atoms with Crippen molar-refractivity contribution in [2.24, 2.45) is 0 Å². The first-order chi connectivity index (χ1) is 14.7. The molecule has 2 aliphatic rings. The maximum absolute atomic E-state index is 13.2. The van der Waals surface area contributed by atoms with Crippen LogP contribution in [0.2, 0.25) is 0 Å². The Morgan fingerprint density at radius 2 is 1.80 bits per heavy atom. The molecule has 160 valence electrons. The number of para-hydroxylation sites is 1. The number of hydrogen-bond donors (Lipinski definition) is 1. The number of rotatable bonds is 6. The number of anilines is 1. The molecule has 6 heteroatoms. The minimum Gasteiger partial charge on any atom is -0.497 e. The summed E-state index contributed by atoms with van der Waals surface area (Å²) in [6, 6.07) is 16.4. The first-order valence-corrected chi connectivity index (χ1v) is 10.8. The Balaban J connectivity index is 1.39. The van der Waals surface area contributed by atoms with Gasteiger partial charge in [-0.1, -0.05) is 18.2 Å². The molecule has 1 N–H and O–H groups in total. The number of hydrogen-bond acceptors (Lipinski definition) is 4. The molecule has 2 fully saturated rings. The number of ether oxygens (including phenoxy) is 2. The minimum absolute atomic E-state index is 0.0626. The molecule has 30 heavy (non-hydrogen) atoms. The highest BCUT2D eigenvalue weighted by Gasteiger charge is 2.34. The summed E-state index contributed by atoms with van der Waals surface area (Å²) in [6.07, 6.45) is 1.99. The molecule has 0 aliphatic carbocycles. The Hall–Kier alpha value is -2.73. The number of nitrogens with one attached hydrogen (secondary N) is 1. The second kappa shape index (κ2) is 9.39. The number of nitrogens with zero attached hydrogens (tertiary/aromatic N) is 2. The molecule has 0 spiro atoms. The lowest BCUT2D eigenvalue weighted by Gasteiger charge is -2.34. The maximum Gasteiger partial charge on any atom is 0.278 e. The number of piperazine rings is 1. The standard InChI is InChI=1S/C24H31N3O3/c1-29-20-10-11-23(30-2)21(17-20)22-9-6-12-27(22)24(28)18-25-13-15-26(16-14-25)19-7-4-3-5-8-19/h3-5,7-8,10-11,17,22H,6,9,12-16,18H2,1-2H3/p+1/t22-/m1/s1. The van der Waals surface area contributed by atoms with Gasteiger partial charge >= 0.3 is 0 Å². The number of benzene rings is 2. The third-order valence-electron chi connectivity index (χ3n) is 6.36. The summed E-state index contributed by atoms with van der Waals surface area (Å²) in [7, 11) is 3.35. The van der Waals surface area contributed by atoms with Gasteiger partial charge in [0.2, 0.25) is 0 Å². The number of likely N-dealkylation sites (tertiary alicyclic amines) is 1. The van der Waals surface area contributed by atoms with Crippen LogP contribution < -0.4 is 19.3 Å². The highest BCUT2D eigenvalue weighted by molar-refractivity contribution is 5.78. The van der Waals surface area contributed by atoms with Gasteiger partial charge in [0.1, 0.15) is 11.5 Å². The summed E-state index contributed by atoms with van der Waals surface area (Å²) in [5.74, 6) is 1.86. The molecular weight excluding hydrogens is 378 g/mol. The Labute approximate surface area is 179 Å². The molecule has 0 radical (unpaired) electrons. The second-order valence-corrected chi connectivity index (χ2v) is 8.10. The number of quaternary nitrogens is 1. The Bertz CT molecular complexity index is 850. The van der Waals surface area contributed by atoms with E-state index in [0.717, 1.165) is 62.6 Å². The topological polar surface area (TPSA) is 46.5 Å². The number of carbonyl (C=O) groups excluding carboxylic acids is 1. The fourth-order valence-corrected chi connectivity index (χ4v) is 4.70. The summed E-state index contributed by atoms with van der Waals surface area (Å²) in [4.78, 5) is 19.1. The number of amides is 1. The molecule has 6 nitrogen and oxygen atoms in total. The van der Waals surface area contributed by atoms with Crippen LogP contribution in [0.1, 0.15) is 24.4 Å². The maximum atomic E-state index is 13.2. The lowest BCUT2D eigenvalue weighted by molar-refractivity contribution is -0.892. The van der Waals surface area contributed by atoms with Gasteiger partial charge in [0, 0.05) is 17.8 Å². The normalized spacial score (nSPS) is 19.7. The van der Waals surface area contributed by atoms with Crippen LogP contribution in [-0.4, -0.2) is 64.3 Å². The first-order valence-electron chi connectivity index (χ1n) is 10.8. The van der Waals surface area contributed by atoms with Crippen LogP contribution in [-0.2, 0) is 4.79 Å². The van der Waals surface area contributed by atoms with Gasteiger partial charge in [-0.25, -0.2) is 0 Å². The third-order valence-corrected chi connectivity index (χ3v) is 6.36. The van der Waals surface area contributed by atoms with Gasteiger partial charge in [0.25, 0.3) is 5.91 Å². The number of carbonyl (C=O) groups is 1. The van der Waals surface area contributed by atoms with E-state index in [0.29, 0.717) is 6.54 Å². The van der Waals surface area contributed by atoms with E-state index in [2.05, 4.69) is 29.2 Å². The van der Waals surface area contributed by atoms with E-state index < -0.39 is 0 Å². The van der Waals surface area contributed by atoms with Gasteiger partial charge in [-0.05, 0) is 43.2 Å². The molecule has 2 heterocycles. The molecule has 2 aromatic carbocycles. The molecular formula is C24H32N3O3+. The molecule has 0 unspecified atom stereocenters. The third kappa shape index (κ3) is 4.38. The van der Waals surface area contributed by atoms with Crippen molar-refractivity contribution in [2.45, 2.75) is 18.9 Å². The fourth-order valence-electron chi connectivity index (χ4n) is 4.70. The van der Waals surface area contributed by atoms with Crippen LogP contribution in [0.5, 0.6) is 11.5 Å². The summed E-state index contributed by atoms with van der Waals surface area (Å²) >= 11 is 0. The monoisotopic (exact) mass is 410 g/mol.